The largest absolute Gasteiger partial charge is 0.494 e. The maximum absolute atomic E-state index is 12.5. The third kappa shape index (κ3) is 4.31. The molecule has 0 saturated carbocycles. The van der Waals surface area contributed by atoms with Crippen molar-refractivity contribution in [1.29, 1.82) is 0 Å². The van der Waals surface area contributed by atoms with Gasteiger partial charge in [-0.15, -0.1) is 0 Å². The number of carbonyl (C=O) groups excluding carboxylic acids is 1. The molecule has 5 heteroatoms. The zero-order valence-electron chi connectivity index (χ0n) is 17.4. The lowest BCUT2D eigenvalue weighted by Gasteiger charge is -2.40. The molecule has 2 aromatic carbocycles. The van der Waals surface area contributed by atoms with Gasteiger partial charge < -0.3 is 14.6 Å². The molecule has 0 bridgehead atoms. The molecule has 1 N–H and O–H groups in total. The Balaban J connectivity index is 1.27. The number of Topliss-reactive ketones (excluding diaryl/α,β-unsaturated/α-hetero) is 1. The molecule has 1 aliphatic rings. The van der Waals surface area contributed by atoms with Crippen molar-refractivity contribution in [3.63, 3.8) is 0 Å². The van der Waals surface area contributed by atoms with E-state index in [1.54, 1.807) is 6.92 Å². The van der Waals surface area contributed by atoms with Crippen molar-refractivity contribution >= 4 is 16.7 Å². The van der Waals surface area contributed by atoms with Crippen LogP contribution in [0.2, 0.25) is 0 Å². The first-order valence-electron chi connectivity index (χ1n) is 10.6. The second-order valence-electron chi connectivity index (χ2n) is 8.12. The number of carbonyl (C=O) groups is 1. The highest BCUT2D eigenvalue weighted by Crippen LogP contribution is 2.36. The van der Waals surface area contributed by atoms with Gasteiger partial charge in [-0.25, -0.2) is 0 Å². The lowest BCUT2D eigenvalue weighted by molar-refractivity contribution is -0.124. The number of ketones is 1. The van der Waals surface area contributed by atoms with Gasteiger partial charge in [0.25, 0.3) is 0 Å². The van der Waals surface area contributed by atoms with Crippen molar-refractivity contribution in [3.05, 3.63) is 76.6 Å². The highest BCUT2D eigenvalue weighted by Gasteiger charge is 2.40. The van der Waals surface area contributed by atoms with E-state index in [0.29, 0.717) is 6.61 Å². The molecule has 30 heavy (non-hydrogen) atoms. The monoisotopic (exact) mass is 404 g/mol. The molecule has 0 aliphatic carbocycles. The number of hydrogen-bond acceptors (Lipinski definition) is 4. The first kappa shape index (κ1) is 20.4. The second kappa shape index (κ2) is 8.84. The Morgan fingerprint density at radius 2 is 1.83 bits per heavy atom. The number of aromatic nitrogens is 1. The second-order valence-corrected chi connectivity index (χ2v) is 8.12. The lowest BCUT2D eigenvalue weighted by atomic mass is 9.70. The van der Waals surface area contributed by atoms with Gasteiger partial charge in [0.15, 0.2) is 0 Å². The summed E-state index contributed by atoms with van der Waals surface area (Å²) in [4.78, 5) is 29.1. The van der Waals surface area contributed by atoms with Gasteiger partial charge in [-0.1, -0.05) is 30.3 Å². The Morgan fingerprint density at radius 3 is 2.57 bits per heavy atom. The average molecular weight is 405 g/mol. The van der Waals surface area contributed by atoms with E-state index < -0.39 is 0 Å². The molecule has 4 rings (SSSR count). The minimum Gasteiger partial charge on any atom is -0.494 e. The number of piperidine rings is 1. The lowest BCUT2D eigenvalue weighted by Crippen LogP contribution is -2.46. The molecule has 1 fully saturated rings. The minimum absolute atomic E-state index is 0.0984. The Labute approximate surface area is 176 Å². The number of benzene rings is 2. The van der Waals surface area contributed by atoms with Gasteiger partial charge >= 0.3 is 0 Å². The van der Waals surface area contributed by atoms with Gasteiger partial charge in [0.2, 0.25) is 5.56 Å². The molecule has 5 nitrogen and oxygen atoms in total. The highest BCUT2D eigenvalue weighted by atomic mass is 16.5. The van der Waals surface area contributed by atoms with E-state index in [9.17, 15) is 9.59 Å². The van der Waals surface area contributed by atoms with Crippen molar-refractivity contribution < 1.29 is 9.53 Å². The molecule has 0 atom stereocenters. The summed E-state index contributed by atoms with van der Waals surface area (Å²) in [6.45, 7) is 5.19. The van der Waals surface area contributed by atoms with Crippen LogP contribution in [0.1, 0.15) is 31.7 Å². The number of likely N-dealkylation sites (tertiary alicyclic amines) is 1. The fourth-order valence-electron chi connectivity index (χ4n) is 4.46. The van der Waals surface area contributed by atoms with Crippen LogP contribution in [-0.2, 0) is 10.2 Å². The van der Waals surface area contributed by atoms with E-state index in [0.717, 1.165) is 61.1 Å². The summed E-state index contributed by atoms with van der Waals surface area (Å²) in [5.41, 5.74) is 1.53. The Bertz CT molecular complexity index is 1070. The van der Waals surface area contributed by atoms with Crippen molar-refractivity contribution in [2.75, 3.05) is 26.2 Å². The van der Waals surface area contributed by atoms with Gasteiger partial charge in [0.05, 0.1) is 12.0 Å². The number of nitrogens with one attached hydrogen (secondary N) is 1. The standard InChI is InChI=1S/C25H28N2O3/c1-19(28)25(21-6-3-2-4-7-21)12-15-27(16-13-25)14-5-17-30-22-9-10-23-20(18-22)8-11-24(29)26-23/h2-4,6-11,18H,5,12-17H2,1H3,(H,26,29). The number of ether oxygens (including phenoxy) is 1. The predicted octanol–water partition coefficient (Wildman–Crippen LogP) is 3.92. The van der Waals surface area contributed by atoms with Crippen LogP contribution in [0.3, 0.4) is 0 Å². The summed E-state index contributed by atoms with van der Waals surface area (Å²) >= 11 is 0. The number of hydrogen-bond donors (Lipinski definition) is 1. The molecule has 1 saturated heterocycles. The first-order valence-corrected chi connectivity index (χ1v) is 10.6. The number of pyridine rings is 1. The number of nitrogens with zero attached hydrogens (tertiary/aromatic N) is 1. The van der Waals surface area contributed by atoms with E-state index >= 15 is 0 Å². The SMILES string of the molecule is CC(=O)C1(c2ccccc2)CCN(CCCOc2ccc3[nH]c(=O)ccc3c2)CC1. The summed E-state index contributed by atoms with van der Waals surface area (Å²) in [5.74, 6) is 1.09. The molecular weight excluding hydrogens is 376 g/mol. The van der Waals surface area contributed by atoms with Crippen LogP contribution in [0, 0.1) is 0 Å². The topological polar surface area (TPSA) is 62.4 Å². The third-order valence-electron chi connectivity index (χ3n) is 6.29. The molecule has 0 radical (unpaired) electrons. The van der Waals surface area contributed by atoms with Crippen molar-refractivity contribution in [2.24, 2.45) is 0 Å². The van der Waals surface area contributed by atoms with E-state index in [1.807, 2.05) is 42.5 Å². The highest BCUT2D eigenvalue weighted by molar-refractivity contribution is 5.88. The maximum Gasteiger partial charge on any atom is 0.248 e. The maximum atomic E-state index is 12.5. The minimum atomic E-state index is -0.333. The van der Waals surface area contributed by atoms with Gasteiger partial charge in [-0.3, -0.25) is 9.59 Å². The Morgan fingerprint density at radius 1 is 1.07 bits per heavy atom. The number of H-pyrrole nitrogens is 1. The van der Waals surface area contributed by atoms with Crippen LogP contribution in [-0.4, -0.2) is 41.9 Å². The van der Waals surface area contributed by atoms with Crippen LogP contribution < -0.4 is 10.3 Å². The molecule has 156 valence electrons. The van der Waals surface area contributed by atoms with Crippen LogP contribution in [0.15, 0.2) is 65.5 Å². The van der Waals surface area contributed by atoms with Crippen LogP contribution in [0.4, 0.5) is 0 Å². The zero-order chi connectivity index (χ0) is 21.0. The summed E-state index contributed by atoms with van der Waals surface area (Å²) in [7, 11) is 0. The van der Waals surface area contributed by atoms with Gasteiger partial charge in [0, 0.05) is 23.5 Å². The normalized spacial score (nSPS) is 16.4. The average Bonchev–Trinajstić information content (AvgIpc) is 2.77. The predicted molar refractivity (Wildman–Crippen MR) is 119 cm³/mol. The fourth-order valence-corrected chi connectivity index (χ4v) is 4.46. The molecule has 0 unspecified atom stereocenters. The van der Waals surface area contributed by atoms with Crippen molar-refractivity contribution in [2.45, 2.75) is 31.6 Å². The molecular formula is C25H28N2O3. The van der Waals surface area contributed by atoms with Crippen molar-refractivity contribution in [3.8, 4) is 5.75 Å². The van der Waals surface area contributed by atoms with Crippen LogP contribution >= 0.6 is 0 Å². The molecule has 1 aliphatic heterocycles. The van der Waals surface area contributed by atoms with E-state index in [1.165, 1.54) is 6.07 Å². The van der Waals surface area contributed by atoms with Crippen LogP contribution in [0.5, 0.6) is 5.75 Å². The smallest absolute Gasteiger partial charge is 0.248 e. The number of fused-ring (bicyclic) bond motifs is 1. The quantitative estimate of drug-likeness (QED) is 0.607. The molecule has 0 amide bonds. The van der Waals surface area contributed by atoms with E-state index in [2.05, 4.69) is 22.0 Å². The van der Waals surface area contributed by atoms with Gasteiger partial charge in [0.1, 0.15) is 11.5 Å². The third-order valence-corrected chi connectivity index (χ3v) is 6.29. The van der Waals surface area contributed by atoms with Gasteiger partial charge in [-0.2, -0.15) is 0 Å². The number of rotatable bonds is 7. The molecule has 2 heterocycles. The van der Waals surface area contributed by atoms with E-state index in [4.69, 9.17) is 4.74 Å². The summed E-state index contributed by atoms with van der Waals surface area (Å²) in [5, 5.41) is 0.963. The molecule has 3 aromatic rings. The van der Waals surface area contributed by atoms with Crippen LogP contribution in [0.25, 0.3) is 10.9 Å². The first-order chi connectivity index (χ1) is 14.6. The number of aromatic amines is 1. The molecule has 1 aromatic heterocycles. The van der Waals surface area contributed by atoms with Crippen molar-refractivity contribution in [1.82, 2.24) is 9.88 Å². The Hall–Kier alpha value is -2.92. The zero-order valence-corrected chi connectivity index (χ0v) is 17.4. The fraction of sp³-hybridized carbons (Fsp3) is 0.360. The summed E-state index contributed by atoms with van der Waals surface area (Å²) < 4.78 is 5.91. The van der Waals surface area contributed by atoms with Gasteiger partial charge in [-0.05, 0) is 69.1 Å². The summed E-state index contributed by atoms with van der Waals surface area (Å²) in [6, 6.07) is 19.3. The molecule has 0 spiro atoms. The Kier molecular flexibility index (Phi) is 6.00. The summed E-state index contributed by atoms with van der Waals surface area (Å²) in [6.07, 6.45) is 2.67. The van der Waals surface area contributed by atoms with E-state index in [-0.39, 0.29) is 16.8 Å².